The molecule has 114 valence electrons. The number of carbonyl (C=O) groups is 1. The lowest BCUT2D eigenvalue weighted by Crippen LogP contribution is -2.19. The first-order chi connectivity index (χ1) is 11.2. The van der Waals surface area contributed by atoms with Crippen molar-refractivity contribution in [2.24, 2.45) is 5.41 Å². The van der Waals surface area contributed by atoms with Crippen LogP contribution in [0.25, 0.3) is 0 Å². The molecule has 1 aliphatic carbocycles. The largest absolute Gasteiger partial charge is 0.299 e. The van der Waals surface area contributed by atoms with Crippen LogP contribution >= 0.6 is 0 Å². The van der Waals surface area contributed by atoms with Crippen LogP contribution < -0.4 is 0 Å². The second kappa shape index (κ2) is 7.97. The third-order valence-electron chi connectivity index (χ3n) is 3.91. The summed E-state index contributed by atoms with van der Waals surface area (Å²) in [5.41, 5.74) is 3.95. The van der Waals surface area contributed by atoms with Gasteiger partial charge in [-0.25, -0.2) is 0 Å². The molecule has 0 N–H and O–H groups in total. The van der Waals surface area contributed by atoms with Crippen LogP contribution in [0, 0.1) is 5.41 Å². The average Bonchev–Trinajstić information content (AvgIpc) is 2.50. The highest BCUT2D eigenvalue weighted by atomic mass is 16.1. The molecule has 0 fully saturated rings. The van der Waals surface area contributed by atoms with Gasteiger partial charge in [-0.1, -0.05) is 55.4 Å². The molecule has 1 rings (SSSR count). The molecule has 0 unspecified atom stereocenters. The van der Waals surface area contributed by atoms with E-state index < -0.39 is 6.88 Å². The summed E-state index contributed by atoms with van der Waals surface area (Å²) in [5.74, 6) is 0. The molecule has 0 spiro atoms. The van der Waals surface area contributed by atoms with Crippen molar-refractivity contribution >= 4 is 6.29 Å². The Balaban J connectivity index is 3.04. The van der Waals surface area contributed by atoms with Crippen molar-refractivity contribution in [3.63, 3.8) is 0 Å². The minimum atomic E-state index is -1.08. The molecule has 0 aromatic carbocycles. The molecule has 0 amide bonds. The summed E-state index contributed by atoms with van der Waals surface area (Å²) in [6.45, 7) is 7.24. The molecular weight excluding hydrogens is 256 g/mol. The van der Waals surface area contributed by atoms with Gasteiger partial charge < -0.3 is 0 Å². The molecule has 0 atom stereocenters. The predicted octanol–water partition coefficient (Wildman–Crippen LogP) is 5.72. The SMILES string of the molecule is [2H]\C(C=O)=C(C)/C=C/C=C(/C=C/C1=C(C)CCCC1(C)C)C([2H])[2H]. The maximum absolute atomic E-state index is 10.5. The van der Waals surface area contributed by atoms with Crippen LogP contribution in [0.4, 0.5) is 0 Å². The van der Waals surface area contributed by atoms with Crippen molar-refractivity contribution in [2.45, 2.75) is 53.8 Å². The van der Waals surface area contributed by atoms with E-state index >= 15 is 0 Å². The van der Waals surface area contributed by atoms with Crippen molar-refractivity contribution in [3.05, 3.63) is 58.7 Å². The molecule has 1 nitrogen and oxygen atoms in total. The second-order valence-electron chi connectivity index (χ2n) is 6.24. The van der Waals surface area contributed by atoms with E-state index in [9.17, 15) is 4.79 Å². The number of hydrogen-bond acceptors (Lipinski definition) is 1. The van der Waals surface area contributed by atoms with Crippen LogP contribution in [0.5, 0.6) is 0 Å². The van der Waals surface area contributed by atoms with Crippen molar-refractivity contribution in [1.29, 1.82) is 0 Å². The van der Waals surface area contributed by atoms with E-state index in [1.807, 2.05) is 12.2 Å². The lowest BCUT2D eigenvalue weighted by Gasteiger charge is -2.32. The molecule has 21 heavy (non-hydrogen) atoms. The van der Waals surface area contributed by atoms with Gasteiger partial charge >= 0.3 is 0 Å². The maximum Gasteiger partial charge on any atom is 0.143 e. The molecular formula is C20H28O. The molecule has 0 saturated carbocycles. The van der Waals surface area contributed by atoms with Crippen LogP contribution in [0.2, 0.25) is 0 Å². The highest BCUT2D eigenvalue weighted by Crippen LogP contribution is 2.40. The third-order valence-corrected chi connectivity index (χ3v) is 3.91. The van der Waals surface area contributed by atoms with E-state index in [2.05, 4.69) is 20.8 Å². The highest BCUT2D eigenvalue weighted by molar-refractivity contribution is 5.66. The van der Waals surface area contributed by atoms with Crippen LogP contribution in [-0.2, 0) is 4.79 Å². The number of hydrogen-bond donors (Lipinski definition) is 0. The van der Waals surface area contributed by atoms with Crippen molar-refractivity contribution in [2.75, 3.05) is 0 Å². The van der Waals surface area contributed by atoms with Crippen LogP contribution in [0.15, 0.2) is 58.7 Å². The van der Waals surface area contributed by atoms with Gasteiger partial charge in [-0.3, -0.25) is 4.79 Å². The molecule has 1 heteroatoms. The van der Waals surface area contributed by atoms with Gasteiger partial charge in [0.2, 0.25) is 0 Å². The Morgan fingerprint density at radius 1 is 1.33 bits per heavy atom. The molecule has 0 aliphatic heterocycles. The van der Waals surface area contributed by atoms with E-state index in [-0.39, 0.29) is 11.5 Å². The lowest BCUT2D eigenvalue weighted by atomic mass is 9.72. The first-order valence-electron chi connectivity index (χ1n) is 9.08. The first kappa shape index (κ1) is 13.1. The molecule has 0 bridgehead atoms. The van der Waals surface area contributed by atoms with Crippen LogP contribution in [0.3, 0.4) is 0 Å². The van der Waals surface area contributed by atoms with E-state index in [0.29, 0.717) is 17.4 Å². The quantitative estimate of drug-likeness (QED) is 0.359. The molecule has 1 aliphatic rings. The third kappa shape index (κ3) is 5.71. The first-order valence-corrected chi connectivity index (χ1v) is 7.42. The van der Waals surface area contributed by atoms with E-state index in [4.69, 9.17) is 4.11 Å². The summed E-state index contributed by atoms with van der Waals surface area (Å²) in [4.78, 5) is 10.5. The summed E-state index contributed by atoms with van der Waals surface area (Å²) in [6, 6.07) is -0.0604. The molecule has 0 radical (unpaired) electrons. The monoisotopic (exact) mass is 287 g/mol. The molecule has 0 saturated heterocycles. The van der Waals surface area contributed by atoms with Crippen molar-refractivity contribution in [1.82, 2.24) is 0 Å². The van der Waals surface area contributed by atoms with Gasteiger partial charge in [0.05, 0.1) is 1.37 Å². The number of rotatable bonds is 5. The topological polar surface area (TPSA) is 17.1 Å². The minimum absolute atomic E-state index is 0.0604. The van der Waals surface area contributed by atoms with Gasteiger partial charge in [0, 0.05) is 2.74 Å². The lowest BCUT2D eigenvalue weighted by molar-refractivity contribution is -0.104. The van der Waals surface area contributed by atoms with Gasteiger partial charge in [0.15, 0.2) is 0 Å². The Morgan fingerprint density at radius 3 is 2.71 bits per heavy atom. The fraction of sp³-hybridized carbons (Fsp3) is 0.450. The number of aldehydes is 1. The highest BCUT2D eigenvalue weighted by Gasteiger charge is 2.26. The zero-order valence-corrected chi connectivity index (χ0v) is 13.6. The standard InChI is InChI=1S/C20H28O/c1-16(8-6-9-17(2)13-15-21)11-12-19-18(3)10-7-14-20(19,4)5/h6,8-9,11-13,15H,7,10,14H2,1-5H3/b9-6+,12-11+,16-8+,17-13+/i1D2,13D. The zero-order valence-electron chi connectivity index (χ0n) is 16.6. The van der Waals surface area contributed by atoms with Gasteiger partial charge in [-0.2, -0.15) is 0 Å². The smallest absolute Gasteiger partial charge is 0.143 e. The van der Waals surface area contributed by atoms with E-state index in [0.717, 1.165) is 12.8 Å². The van der Waals surface area contributed by atoms with Crippen LogP contribution in [0.1, 0.15) is 57.9 Å². The zero-order chi connectivity index (χ0) is 18.3. The number of allylic oxidation sites excluding steroid dienone is 10. The molecule has 0 aromatic rings. The summed E-state index contributed by atoms with van der Waals surface area (Å²) >= 11 is 0. The van der Waals surface area contributed by atoms with Gasteiger partial charge in [0.1, 0.15) is 6.29 Å². The number of carbonyl (C=O) groups excluding carboxylic acids is 1. The summed E-state index contributed by atoms with van der Waals surface area (Å²) < 4.78 is 22.8. The predicted molar refractivity (Wildman–Crippen MR) is 92.2 cm³/mol. The Labute approximate surface area is 134 Å². The maximum atomic E-state index is 10.5. The van der Waals surface area contributed by atoms with E-state index in [1.165, 1.54) is 17.6 Å². The Bertz CT molecular complexity index is 617. The van der Waals surface area contributed by atoms with Crippen LogP contribution in [-0.4, -0.2) is 6.29 Å². The summed E-state index contributed by atoms with van der Waals surface area (Å²) in [5, 5.41) is 0. The Hall–Kier alpha value is -1.63. The van der Waals surface area contributed by atoms with E-state index in [1.54, 1.807) is 25.2 Å². The van der Waals surface area contributed by atoms with Crippen molar-refractivity contribution < 1.29 is 8.91 Å². The Morgan fingerprint density at radius 2 is 2.10 bits per heavy atom. The average molecular weight is 287 g/mol. The summed E-state index contributed by atoms with van der Waals surface area (Å²) in [6.07, 6.45) is 12.9. The van der Waals surface area contributed by atoms with Gasteiger partial charge in [-0.05, 0) is 62.6 Å². The molecule has 0 aromatic heterocycles. The van der Waals surface area contributed by atoms with Gasteiger partial charge in [0.25, 0.3) is 0 Å². The Kier molecular flexibility index (Phi) is 4.96. The summed E-state index contributed by atoms with van der Waals surface area (Å²) in [7, 11) is 0. The fourth-order valence-corrected chi connectivity index (χ4v) is 2.69. The minimum Gasteiger partial charge on any atom is -0.299 e. The normalized spacial score (nSPS) is 23.3. The second-order valence-corrected chi connectivity index (χ2v) is 6.24. The fourth-order valence-electron chi connectivity index (χ4n) is 2.69. The van der Waals surface area contributed by atoms with Crippen molar-refractivity contribution in [3.8, 4) is 0 Å². The molecule has 0 heterocycles. The van der Waals surface area contributed by atoms with Gasteiger partial charge in [-0.15, -0.1) is 0 Å².